The molecule has 2 atom stereocenters. The van der Waals surface area contributed by atoms with Crippen molar-refractivity contribution < 1.29 is 9.90 Å². The Morgan fingerprint density at radius 2 is 2.00 bits per heavy atom. The molecule has 1 N–H and O–H groups in total. The third kappa shape index (κ3) is 2.72. The third-order valence-corrected chi connectivity index (χ3v) is 3.73. The van der Waals surface area contributed by atoms with Gasteiger partial charge in [0.15, 0.2) is 0 Å². The van der Waals surface area contributed by atoms with Crippen LogP contribution in [0.3, 0.4) is 0 Å². The summed E-state index contributed by atoms with van der Waals surface area (Å²) in [6.07, 6.45) is 0.769. The summed E-state index contributed by atoms with van der Waals surface area (Å²) in [6, 6.07) is 10.7. The number of aliphatic carboxylic acids is 1. The van der Waals surface area contributed by atoms with Gasteiger partial charge in [-0.3, -0.25) is 9.69 Å². The molecule has 0 amide bonds. The number of rotatable bonds is 4. The minimum atomic E-state index is -0.659. The highest BCUT2D eigenvalue weighted by molar-refractivity contribution is 5.70. The molecule has 0 radical (unpaired) electrons. The molecule has 1 aromatic carbocycles. The molecular weight excluding hydrogens is 226 g/mol. The van der Waals surface area contributed by atoms with Crippen molar-refractivity contribution in [2.45, 2.75) is 26.3 Å². The fraction of sp³-hybridized carbons (Fsp3) is 0.533. The molecule has 0 aliphatic carbocycles. The molecule has 98 valence electrons. The van der Waals surface area contributed by atoms with Crippen LogP contribution in [0, 0.1) is 11.8 Å². The average molecular weight is 247 g/mol. The number of carbonyl (C=O) groups is 1. The van der Waals surface area contributed by atoms with Gasteiger partial charge in [0.05, 0.1) is 5.92 Å². The van der Waals surface area contributed by atoms with Crippen LogP contribution in [-0.4, -0.2) is 29.1 Å². The zero-order valence-electron chi connectivity index (χ0n) is 11.0. The Kier molecular flexibility index (Phi) is 4.02. The van der Waals surface area contributed by atoms with Crippen molar-refractivity contribution in [3.05, 3.63) is 35.9 Å². The molecule has 0 saturated carbocycles. The van der Waals surface area contributed by atoms with Crippen LogP contribution >= 0.6 is 0 Å². The van der Waals surface area contributed by atoms with E-state index in [0.29, 0.717) is 18.5 Å². The van der Waals surface area contributed by atoms with Gasteiger partial charge in [0.1, 0.15) is 0 Å². The molecule has 0 spiro atoms. The fourth-order valence-electron chi connectivity index (χ4n) is 2.91. The van der Waals surface area contributed by atoms with E-state index in [1.165, 1.54) is 5.56 Å². The largest absolute Gasteiger partial charge is 0.481 e. The predicted molar refractivity (Wildman–Crippen MR) is 71.3 cm³/mol. The van der Waals surface area contributed by atoms with Gasteiger partial charge in [-0.1, -0.05) is 44.2 Å². The van der Waals surface area contributed by atoms with Crippen molar-refractivity contribution in [1.29, 1.82) is 0 Å². The Balaban J connectivity index is 2.15. The number of carboxylic acids is 1. The number of likely N-dealkylation sites (tertiary alicyclic amines) is 1. The van der Waals surface area contributed by atoms with Crippen LogP contribution in [0.25, 0.3) is 0 Å². The molecular formula is C15H21NO2. The van der Waals surface area contributed by atoms with E-state index in [1.807, 2.05) is 6.07 Å². The first-order chi connectivity index (χ1) is 8.59. The van der Waals surface area contributed by atoms with Crippen molar-refractivity contribution in [2.75, 3.05) is 13.1 Å². The Labute approximate surface area is 108 Å². The maximum atomic E-state index is 11.0. The van der Waals surface area contributed by atoms with Gasteiger partial charge in [-0.2, -0.15) is 0 Å². The first-order valence-electron chi connectivity index (χ1n) is 6.61. The summed E-state index contributed by atoms with van der Waals surface area (Å²) in [4.78, 5) is 13.4. The number of benzene rings is 1. The molecule has 1 aliphatic rings. The van der Waals surface area contributed by atoms with Crippen LogP contribution in [0.15, 0.2) is 30.3 Å². The molecule has 1 aliphatic heterocycles. The van der Waals surface area contributed by atoms with Crippen LogP contribution in [0.1, 0.15) is 31.9 Å². The van der Waals surface area contributed by atoms with Crippen LogP contribution in [0.4, 0.5) is 0 Å². The number of carboxylic acid groups (broad SMARTS) is 1. The van der Waals surface area contributed by atoms with E-state index in [-0.39, 0.29) is 5.92 Å². The highest BCUT2D eigenvalue weighted by atomic mass is 16.4. The van der Waals surface area contributed by atoms with Gasteiger partial charge >= 0.3 is 5.97 Å². The summed E-state index contributed by atoms with van der Waals surface area (Å²) < 4.78 is 0. The van der Waals surface area contributed by atoms with Crippen LogP contribution in [-0.2, 0) is 4.79 Å². The highest BCUT2D eigenvalue weighted by Crippen LogP contribution is 2.33. The van der Waals surface area contributed by atoms with Gasteiger partial charge in [0, 0.05) is 12.6 Å². The lowest BCUT2D eigenvalue weighted by atomic mass is 9.94. The van der Waals surface area contributed by atoms with Gasteiger partial charge in [0.2, 0.25) is 0 Å². The van der Waals surface area contributed by atoms with Gasteiger partial charge in [-0.05, 0) is 24.4 Å². The maximum absolute atomic E-state index is 11.0. The summed E-state index contributed by atoms with van der Waals surface area (Å²) in [7, 11) is 0. The van der Waals surface area contributed by atoms with Gasteiger partial charge in [-0.25, -0.2) is 0 Å². The second-order valence-electron chi connectivity index (χ2n) is 5.42. The average Bonchev–Trinajstić information content (AvgIpc) is 2.79. The molecule has 1 heterocycles. The first kappa shape index (κ1) is 13.1. The molecule has 3 nitrogen and oxygen atoms in total. The van der Waals surface area contributed by atoms with Gasteiger partial charge in [0.25, 0.3) is 0 Å². The topological polar surface area (TPSA) is 40.5 Å². The normalized spacial score (nSPS) is 22.3. The van der Waals surface area contributed by atoms with Gasteiger partial charge in [-0.15, -0.1) is 0 Å². The molecule has 1 aromatic rings. The van der Waals surface area contributed by atoms with Crippen molar-refractivity contribution in [3.63, 3.8) is 0 Å². The molecule has 2 unspecified atom stereocenters. The zero-order valence-corrected chi connectivity index (χ0v) is 11.0. The molecule has 2 rings (SSSR count). The summed E-state index contributed by atoms with van der Waals surface area (Å²) in [5, 5.41) is 9.10. The van der Waals surface area contributed by atoms with Crippen LogP contribution in [0.5, 0.6) is 0 Å². The smallest absolute Gasteiger partial charge is 0.307 e. The summed E-state index contributed by atoms with van der Waals surface area (Å²) in [5.41, 5.74) is 1.29. The standard InChI is InChI=1S/C15H21NO2/c1-11(2)14(12-6-4-3-5-7-12)16-9-8-13(10-16)15(17)18/h3-7,11,13-14H,8-10H2,1-2H3,(H,17,18). The van der Waals surface area contributed by atoms with E-state index in [4.69, 9.17) is 5.11 Å². The number of nitrogens with zero attached hydrogens (tertiary/aromatic N) is 1. The lowest BCUT2D eigenvalue weighted by Crippen LogP contribution is -2.31. The van der Waals surface area contributed by atoms with Gasteiger partial charge < -0.3 is 5.11 Å². The lowest BCUT2D eigenvalue weighted by Gasteiger charge is -2.31. The number of hydrogen-bond donors (Lipinski definition) is 1. The summed E-state index contributed by atoms with van der Waals surface area (Å²) in [6.45, 7) is 5.96. The minimum absolute atomic E-state index is 0.199. The van der Waals surface area contributed by atoms with E-state index < -0.39 is 5.97 Å². The zero-order chi connectivity index (χ0) is 13.1. The van der Waals surface area contributed by atoms with Crippen molar-refractivity contribution >= 4 is 5.97 Å². The molecule has 0 bridgehead atoms. The Bertz CT molecular complexity index is 402. The van der Waals surface area contributed by atoms with Crippen molar-refractivity contribution in [1.82, 2.24) is 4.90 Å². The Hall–Kier alpha value is -1.35. The molecule has 3 heteroatoms. The monoisotopic (exact) mass is 247 g/mol. The Morgan fingerprint density at radius 1 is 1.33 bits per heavy atom. The first-order valence-corrected chi connectivity index (χ1v) is 6.61. The van der Waals surface area contributed by atoms with Crippen LogP contribution < -0.4 is 0 Å². The summed E-state index contributed by atoms with van der Waals surface area (Å²) in [5.74, 6) is -0.372. The molecule has 1 saturated heterocycles. The van der Waals surface area contributed by atoms with E-state index in [9.17, 15) is 4.79 Å². The minimum Gasteiger partial charge on any atom is -0.481 e. The predicted octanol–water partition coefficient (Wildman–Crippen LogP) is 2.79. The quantitative estimate of drug-likeness (QED) is 0.889. The highest BCUT2D eigenvalue weighted by Gasteiger charge is 2.33. The third-order valence-electron chi connectivity index (χ3n) is 3.73. The molecule has 1 fully saturated rings. The van der Waals surface area contributed by atoms with Crippen LogP contribution in [0.2, 0.25) is 0 Å². The second kappa shape index (κ2) is 5.53. The maximum Gasteiger partial charge on any atom is 0.307 e. The van der Waals surface area contributed by atoms with Crippen molar-refractivity contribution in [2.24, 2.45) is 11.8 Å². The second-order valence-corrected chi connectivity index (χ2v) is 5.42. The number of hydrogen-bond acceptors (Lipinski definition) is 2. The molecule has 0 aromatic heterocycles. The van der Waals surface area contributed by atoms with E-state index in [1.54, 1.807) is 0 Å². The van der Waals surface area contributed by atoms with Crippen molar-refractivity contribution in [3.8, 4) is 0 Å². The van der Waals surface area contributed by atoms with E-state index in [2.05, 4.69) is 43.0 Å². The SMILES string of the molecule is CC(C)C(c1ccccc1)N1CCC(C(=O)O)C1. The Morgan fingerprint density at radius 3 is 2.50 bits per heavy atom. The van der Waals surface area contributed by atoms with E-state index >= 15 is 0 Å². The lowest BCUT2D eigenvalue weighted by molar-refractivity contribution is -0.141. The summed E-state index contributed by atoms with van der Waals surface area (Å²) >= 11 is 0. The molecule has 18 heavy (non-hydrogen) atoms. The fourth-order valence-corrected chi connectivity index (χ4v) is 2.91. The van der Waals surface area contributed by atoms with E-state index in [0.717, 1.165) is 13.0 Å².